The highest BCUT2D eigenvalue weighted by Gasteiger charge is 2.30. The summed E-state index contributed by atoms with van der Waals surface area (Å²) in [7, 11) is 0. The minimum atomic E-state index is -0.764. The van der Waals surface area contributed by atoms with Gasteiger partial charge in [0.05, 0.1) is 0 Å². The van der Waals surface area contributed by atoms with Crippen LogP contribution in [0.25, 0.3) is 0 Å². The van der Waals surface area contributed by atoms with Crippen molar-refractivity contribution >= 4 is 11.8 Å². The molecule has 92 valence electrons. The number of carboxylic acid groups (broad SMARTS) is 1. The summed E-state index contributed by atoms with van der Waals surface area (Å²) in [6.45, 7) is 2.10. The lowest BCUT2D eigenvalue weighted by Crippen LogP contribution is -2.28. The van der Waals surface area contributed by atoms with E-state index in [4.69, 9.17) is 5.11 Å². The van der Waals surface area contributed by atoms with Crippen molar-refractivity contribution in [1.29, 1.82) is 0 Å². The highest BCUT2D eigenvalue weighted by atomic mass is 16.4. The van der Waals surface area contributed by atoms with Gasteiger partial charge in [-0.2, -0.15) is 0 Å². The molecule has 0 heterocycles. The van der Waals surface area contributed by atoms with Gasteiger partial charge in [0.2, 0.25) is 0 Å². The molecule has 1 rings (SSSR count). The van der Waals surface area contributed by atoms with Gasteiger partial charge < -0.3 is 5.11 Å². The second-order valence-electron chi connectivity index (χ2n) is 4.82. The summed E-state index contributed by atoms with van der Waals surface area (Å²) in [5.41, 5.74) is 0. The maximum atomic E-state index is 11.8. The van der Waals surface area contributed by atoms with E-state index in [0.717, 1.165) is 38.5 Å². The lowest BCUT2D eigenvalue weighted by molar-refractivity contribution is -0.139. The zero-order valence-corrected chi connectivity index (χ0v) is 10.1. The zero-order valence-electron chi connectivity index (χ0n) is 10.1. The van der Waals surface area contributed by atoms with Crippen molar-refractivity contribution in [2.75, 3.05) is 0 Å². The van der Waals surface area contributed by atoms with Crippen molar-refractivity contribution in [3.05, 3.63) is 0 Å². The van der Waals surface area contributed by atoms with Gasteiger partial charge in [0, 0.05) is 18.8 Å². The van der Waals surface area contributed by atoms with Gasteiger partial charge in [0.25, 0.3) is 0 Å². The summed E-state index contributed by atoms with van der Waals surface area (Å²) in [5, 5.41) is 8.89. The van der Waals surface area contributed by atoms with Crippen LogP contribution in [0.3, 0.4) is 0 Å². The van der Waals surface area contributed by atoms with E-state index in [-0.39, 0.29) is 18.3 Å². The van der Waals surface area contributed by atoms with Gasteiger partial charge in [-0.25, -0.2) is 0 Å². The number of Topliss-reactive ketones (excluding diaryl/α,β-unsaturated/α-hetero) is 1. The smallest absolute Gasteiger partial charge is 0.303 e. The molecule has 0 aliphatic heterocycles. The molecule has 0 spiro atoms. The number of ketones is 1. The van der Waals surface area contributed by atoms with Crippen molar-refractivity contribution in [1.82, 2.24) is 0 Å². The number of hydrogen-bond donors (Lipinski definition) is 1. The Kier molecular flexibility index (Phi) is 5.50. The summed E-state index contributed by atoms with van der Waals surface area (Å²) in [6, 6.07) is 0. The van der Waals surface area contributed by atoms with Crippen molar-refractivity contribution in [2.24, 2.45) is 11.8 Å². The molecule has 1 fully saturated rings. The molecule has 0 aromatic rings. The monoisotopic (exact) mass is 226 g/mol. The minimum Gasteiger partial charge on any atom is -0.481 e. The molecule has 0 radical (unpaired) electrons. The molecule has 3 nitrogen and oxygen atoms in total. The number of carbonyl (C=O) groups excluding carboxylic acids is 1. The van der Waals surface area contributed by atoms with Crippen LogP contribution in [0.2, 0.25) is 0 Å². The Hall–Kier alpha value is -0.860. The third-order valence-corrected chi connectivity index (χ3v) is 3.54. The van der Waals surface area contributed by atoms with E-state index in [2.05, 4.69) is 6.92 Å². The van der Waals surface area contributed by atoms with Crippen LogP contribution in [0.15, 0.2) is 0 Å². The van der Waals surface area contributed by atoms with Crippen LogP contribution >= 0.6 is 0 Å². The van der Waals surface area contributed by atoms with Crippen LogP contribution in [-0.4, -0.2) is 16.9 Å². The SMILES string of the molecule is CCCCC(CC(=O)O)C1CCCCC1=O. The number of carboxylic acids is 1. The van der Waals surface area contributed by atoms with Crippen molar-refractivity contribution < 1.29 is 14.7 Å². The van der Waals surface area contributed by atoms with Crippen LogP contribution in [0.4, 0.5) is 0 Å². The highest BCUT2D eigenvalue weighted by Crippen LogP contribution is 2.32. The van der Waals surface area contributed by atoms with Gasteiger partial charge in [-0.05, 0) is 25.2 Å². The standard InChI is InChI=1S/C13H22O3/c1-2-3-6-10(9-13(15)16)11-7-4-5-8-12(11)14/h10-11H,2-9H2,1H3,(H,15,16). The number of hydrogen-bond acceptors (Lipinski definition) is 2. The average molecular weight is 226 g/mol. The van der Waals surface area contributed by atoms with E-state index in [1.165, 1.54) is 0 Å². The first kappa shape index (κ1) is 13.2. The Morgan fingerprint density at radius 1 is 1.50 bits per heavy atom. The normalized spacial score (nSPS) is 23.1. The van der Waals surface area contributed by atoms with Crippen molar-refractivity contribution in [3.63, 3.8) is 0 Å². The predicted octanol–water partition coefficient (Wildman–Crippen LogP) is 3.03. The van der Waals surface area contributed by atoms with Crippen LogP contribution in [0.5, 0.6) is 0 Å². The Labute approximate surface area is 97.2 Å². The maximum absolute atomic E-state index is 11.8. The molecule has 1 saturated carbocycles. The average Bonchev–Trinajstić information content (AvgIpc) is 2.24. The largest absolute Gasteiger partial charge is 0.481 e. The minimum absolute atomic E-state index is 0.0244. The third-order valence-electron chi connectivity index (χ3n) is 3.54. The molecule has 16 heavy (non-hydrogen) atoms. The van der Waals surface area contributed by atoms with Crippen molar-refractivity contribution in [3.8, 4) is 0 Å². The first-order chi connectivity index (χ1) is 7.65. The number of unbranched alkanes of at least 4 members (excludes halogenated alkanes) is 1. The first-order valence-electron chi connectivity index (χ1n) is 6.39. The molecule has 0 saturated heterocycles. The summed E-state index contributed by atoms with van der Waals surface area (Å²) in [4.78, 5) is 22.6. The lowest BCUT2D eigenvalue weighted by Gasteiger charge is -2.28. The molecule has 1 aliphatic rings. The van der Waals surface area contributed by atoms with Gasteiger partial charge in [-0.15, -0.1) is 0 Å². The second-order valence-corrected chi connectivity index (χ2v) is 4.82. The Morgan fingerprint density at radius 3 is 2.81 bits per heavy atom. The number of carbonyl (C=O) groups is 2. The molecule has 0 aromatic heterocycles. The fourth-order valence-electron chi connectivity index (χ4n) is 2.64. The molecule has 2 atom stereocenters. The number of aliphatic carboxylic acids is 1. The van der Waals surface area contributed by atoms with Crippen LogP contribution in [0, 0.1) is 11.8 Å². The molecule has 3 heteroatoms. The lowest BCUT2D eigenvalue weighted by atomic mass is 9.75. The molecule has 0 bridgehead atoms. The van der Waals surface area contributed by atoms with Crippen LogP contribution < -0.4 is 0 Å². The first-order valence-corrected chi connectivity index (χ1v) is 6.39. The van der Waals surface area contributed by atoms with E-state index in [9.17, 15) is 9.59 Å². The highest BCUT2D eigenvalue weighted by molar-refractivity contribution is 5.82. The molecule has 0 aromatic carbocycles. The molecular weight excluding hydrogens is 204 g/mol. The fourth-order valence-corrected chi connectivity index (χ4v) is 2.64. The maximum Gasteiger partial charge on any atom is 0.303 e. The van der Waals surface area contributed by atoms with Gasteiger partial charge in [-0.3, -0.25) is 9.59 Å². The summed E-state index contributed by atoms with van der Waals surface area (Å²) >= 11 is 0. The van der Waals surface area contributed by atoms with Crippen molar-refractivity contribution in [2.45, 2.75) is 58.3 Å². The molecule has 2 unspecified atom stereocenters. The van der Waals surface area contributed by atoms with Crippen LogP contribution in [0.1, 0.15) is 58.3 Å². The van der Waals surface area contributed by atoms with Gasteiger partial charge in [0.15, 0.2) is 0 Å². The molecule has 1 aliphatic carbocycles. The Bertz CT molecular complexity index is 248. The topological polar surface area (TPSA) is 54.4 Å². The Morgan fingerprint density at radius 2 is 2.25 bits per heavy atom. The van der Waals surface area contributed by atoms with Gasteiger partial charge in [0.1, 0.15) is 5.78 Å². The zero-order chi connectivity index (χ0) is 12.0. The quantitative estimate of drug-likeness (QED) is 0.757. The van der Waals surface area contributed by atoms with Gasteiger partial charge >= 0.3 is 5.97 Å². The fraction of sp³-hybridized carbons (Fsp3) is 0.846. The second kappa shape index (κ2) is 6.66. The summed E-state index contributed by atoms with van der Waals surface area (Å²) in [5.74, 6) is -0.366. The van der Waals surface area contributed by atoms with E-state index in [0.29, 0.717) is 12.2 Å². The third kappa shape index (κ3) is 3.95. The van der Waals surface area contributed by atoms with E-state index in [1.54, 1.807) is 0 Å². The summed E-state index contributed by atoms with van der Waals surface area (Å²) < 4.78 is 0. The van der Waals surface area contributed by atoms with Crippen LogP contribution in [-0.2, 0) is 9.59 Å². The predicted molar refractivity (Wildman–Crippen MR) is 62.2 cm³/mol. The molecular formula is C13H22O3. The molecule has 0 amide bonds. The number of rotatable bonds is 6. The van der Waals surface area contributed by atoms with E-state index in [1.807, 2.05) is 0 Å². The Balaban J connectivity index is 2.57. The van der Waals surface area contributed by atoms with E-state index >= 15 is 0 Å². The molecule has 1 N–H and O–H groups in total. The van der Waals surface area contributed by atoms with Gasteiger partial charge in [-0.1, -0.05) is 26.2 Å². The summed E-state index contributed by atoms with van der Waals surface area (Å²) in [6.07, 6.45) is 6.78. The van der Waals surface area contributed by atoms with E-state index < -0.39 is 5.97 Å².